The van der Waals surface area contributed by atoms with Crippen LogP contribution in [0.5, 0.6) is 0 Å². The van der Waals surface area contributed by atoms with Crippen LogP contribution in [0.25, 0.3) is 17.1 Å². The highest BCUT2D eigenvalue weighted by Gasteiger charge is 2.19. The van der Waals surface area contributed by atoms with E-state index in [4.69, 9.17) is 0 Å². The number of hydrogen-bond donors (Lipinski definition) is 1. The average Bonchev–Trinajstić information content (AvgIpc) is 3.16. The number of carbonyl (C=O) groups is 1. The van der Waals surface area contributed by atoms with Gasteiger partial charge in [-0.3, -0.25) is 4.79 Å². The molecule has 0 atom stereocenters. The molecule has 0 saturated carbocycles. The minimum absolute atomic E-state index is 0.0321. The van der Waals surface area contributed by atoms with Crippen molar-refractivity contribution in [2.24, 2.45) is 0 Å². The van der Waals surface area contributed by atoms with E-state index >= 15 is 0 Å². The predicted molar refractivity (Wildman–Crippen MR) is 106 cm³/mol. The molecule has 0 unspecified atom stereocenters. The van der Waals surface area contributed by atoms with Crippen LogP contribution in [0.4, 0.5) is 10.1 Å². The second-order valence-electron chi connectivity index (χ2n) is 6.34. The van der Waals surface area contributed by atoms with Gasteiger partial charge in [0.1, 0.15) is 5.82 Å². The molecule has 28 heavy (non-hydrogen) atoms. The molecule has 0 spiro atoms. The van der Waals surface area contributed by atoms with Gasteiger partial charge in [-0.1, -0.05) is 42.5 Å². The summed E-state index contributed by atoms with van der Waals surface area (Å²) in [6, 6.07) is 22.9. The largest absolute Gasteiger partial charge is 0.319 e. The number of rotatable bonds is 4. The lowest BCUT2D eigenvalue weighted by Gasteiger charge is -2.06. The molecule has 0 bridgehead atoms. The second kappa shape index (κ2) is 7.44. The number of nitrogens with zero attached hydrogens (tertiary/aromatic N) is 3. The SMILES string of the molecule is Cc1cccc(-n2nc(C(=O)Nc3ccc(F)cc3)nc2-c2ccccc2)c1. The average molecular weight is 372 g/mol. The van der Waals surface area contributed by atoms with Crippen molar-refractivity contribution in [1.82, 2.24) is 14.8 Å². The van der Waals surface area contributed by atoms with E-state index < -0.39 is 5.91 Å². The van der Waals surface area contributed by atoms with Crippen LogP contribution >= 0.6 is 0 Å². The van der Waals surface area contributed by atoms with Gasteiger partial charge in [-0.25, -0.2) is 14.1 Å². The summed E-state index contributed by atoms with van der Waals surface area (Å²) in [5.74, 6) is -0.235. The lowest BCUT2D eigenvalue weighted by molar-refractivity contribution is 0.101. The fraction of sp³-hybridized carbons (Fsp3) is 0.0455. The summed E-state index contributed by atoms with van der Waals surface area (Å²) >= 11 is 0. The molecule has 6 heteroatoms. The maximum absolute atomic E-state index is 13.1. The number of anilines is 1. The zero-order valence-electron chi connectivity index (χ0n) is 15.1. The first kappa shape index (κ1) is 17.6. The highest BCUT2D eigenvalue weighted by Crippen LogP contribution is 2.22. The van der Waals surface area contributed by atoms with Crippen LogP contribution in [0.2, 0.25) is 0 Å². The zero-order valence-corrected chi connectivity index (χ0v) is 15.1. The molecule has 0 fully saturated rings. The van der Waals surface area contributed by atoms with Gasteiger partial charge in [0.25, 0.3) is 5.91 Å². The molecule has 138 valence electrons. The smallest absolute Gasteiger partial charge is 0.295 e. The van der Waals surface area contributed by atoms with Gasteiger partial charge in [0.2, 0.25) is 5.82 Å². The van der Waals surface area contributed by atoms with E-state index in [9.17, 15) is 9.18 Å². The molecule has 0 saturated heterocycles. The Balaban J connectivity index is 1.74. The zero-order chi connectivity index (χ0) is 19.5. The van der Waals surface area contributed by atoms with Crippen LogP contribution in [-0.2, 0) is 0 Å². The molecule has 0 aliphatic rings. The molecule has 1 aromatic heterocycles. The monoisotopic (exact) mass is 372 g/mol. The Kier molecular flexibility index (Phi) is 4.68. The topological polar surface area (TPSA) is 59.8 Å². The van der Waals surface area contributed by atoms with Gasteiger partial charge in [0, 0.05) is 11.3 Å². The summed E-state index contributed by atoms with van der Waals surface area (Å²) in [5, 5.41) is 7.13. The Morgan fingerprint density at radius 2 is 1.71 bits per heavy atom. The summed E-state index contributed by atoms with van der Waals surface area (Å²) in [6.07, 6.45) is 0. The fourth-order valence-corrected chi connectivity index (χ4v) is 2.84. The van der Waals surface area contributed by atoms with Crippen LogP contribution < -0.4 is 5.32 Å². The van der Waals surface area contributed by atoms with Gasteiger partial charge >= 0.3 is 0 Å². The summed E-state index contributed by atoms with van der Waals surface area (Å²) in [7, 11) is 0. The number of hydrogen-bond acceptors (Lipinski definition) is 3. The summed E-state index contributed by atoms with van der Waals surface area (Å²) < 4.78 is 14.7. The molecule has 4 rings (SSSR count). The Hall–Kier alpha value is -3.80. The predicted octanol–water partition coefficient (Wildman–Crippen LogP) is 4.63. The highest BCUT2D eigenvalue weighted by atomic mass is 19.1. The molecule has 0 aliphatic carbocycles. The Morgan fingerprint density at radius 3 is 2.43 bits per heavy atom. The molecule has 0 aliphatic heterocycles. The number of nitrogens with one attached hydrogen (secondary N) is 1. The molecule has 0 radical (unpaired) electrons. The van der Waals surface area contributed by atoms with Crippen LogP contribution in [0.3, 0.4) is 0 Å². The molecule has 5 nitrogen and oxygen atoms in total. The number of aromatic nitrogens is 3. The van der Waals surface area contributed by atoms with Crippen molar-refractivity contribution in [3.05, 3.63) is 96.1 Å². The Labute approximate surface area is 161 Å². The molecule has 4 aromatic rings. The Morgan fingerprint density at radius 1 is 0.964 bits per heavy atom. The van der Waals surface area contributed by atoms with Crippen molar-refractivity contribution in [3.63, 3.8) is 0 Å². The lowest BCUT2D eigenvalue weighted by atomic mass is 10.2. The minimum Gasteiger partial charge on any atom is -0.319 e. The van der Waals surface area contributed by atoms with Crippen LogP contribution in [0, 0.1) is 12.7 Å². The van der Waals surface area contributed by atoms with E-state index in [0.29, 0.717) is 11.5 Å². The molecular weight excluding hydrogens is 355 g/mol. The van der Waals surface area contributed by atoms with E-state index in [2.05, 4.69) is 15.4 Å². The molecule has 3 aromatic carbocycles. The second-order valence-corrected chi connectivity index (χ2v) is 6.34. The fourth-order valence-electron chi connectivity index (χ4n) is 2.84. The number of amides is 1. The van der Waals surface area contributed by atoms with Crippen LogP contribution in [0.15, 0.2) is 78.9 Å². The number of benzene rings is 3. The third-order valence-corrected chi connectivity index (χ3v) is 4.19. The molecule has 1 amide bonds. The lowest BCUT2D eigenvalue weighted by Crippen LogP contribution is -2.14. The van der Waals surface area contributed by atoms with Gasteiger partial charge in [0.05, 0.1) is 5.69 Å². The normalized spacial score (nSPS) is 10.6. The van der Waals surface area contributed by atoms with Crippen LogP contribution in [-0.4, -0.2) is 20.7 Å². The van der Waals surface area contributed by atoms with Gasteiger partial charge in [0.15, 0.2) is 5.82 Å². The van der Waals surface area contributed by atoms with E-state index in [-0.39, 0.29) is 11.6 Å². The van der Waals surface area contributed by atoms with Crippen molar-refractivity contribution >= 4 is 11.6 Å². The minimum atomic E-state index is -0.463. The molecular formula is C22H17FN4O. The van der Waals surface area contributed by atoms with E-state index in [0.717, 1.165) is 16.8 Å². The Bertz CT molecular complexity index is 1120. The first-order valence-electron chi connectivity index (χ1n) is 8.76. The van der Waals surface area contributed by atoms with Crippen LogP contribution in [0.1, 0.15) is 16.2 Å². The summed E-state index contributed by atoms with van der Waals surface area (Å²) in [5.41, 5.74) is 3.20. The van der Waals surface area contributed by atoms with Gasteiger partial charge in [-0.2, -0.15) is 0 Å². The van der Waals surface area contributed by atoms with Gasteiger partial charge < -0.3 is 5.32 Å². The summed E-state index contributed by atoms with van der Waals surface area (Å²) in [4.78, 5) is 17.1. The summed E-state index contributed by atoms with van der Waals surface area (Å²) in [6.45, 7) is 1.99. The standard InChI is InChI=1S/C22H17FN4O/c1-15-6-5-9-19(14-15)27-21(16-7-3-2-4-8-16)25-20(26-27)22(28)24-18-12-10-17(23)11-13-18/h2-14H,1H3,(H,24,28). The highest BCUT2D eigenvalue weighted by molar-refractivity contribution is 6.01. The third-order valence-electron chi connectivity index (χ3n) is 4.19. The quantitative estimate of drug-likeness (QED) is 0.568. The number of carbonyl (C=O) groups excluding carboxylic acids is 1. The maximum atomic E-state index is 13.1. The first-order valence-corrected chi connectivity index (χ1v) is 8.76. The third kappa shape index (κ3) is 3.66. The van der Waals surface area contributed by atoms with E-state index in [1.54, 1.807) is 4.68 Å². The molecule has 1 heterocycles. The number of halogens is 1. The molecule has 1 N–H and O–H groups in total. The van der Waals surface area contributed by atoms with E-state index in [1.165, 1.54) is 24.3 Å². The van der Waals surface area contributed by atoms with Crippen molar-refractivity contribution in [1.29, 1.82) is 0 Å². The van der Waals surface area contributed by atoms with Crippen molar-refractivity contribution in [2.75, 3.05) is 5.32 Å². The van der Waals surface area contributed by atoms with Crippen molar-refractivity contribution in [3.8, 4) is 17.1 Å². The number of aryl methyl sites for hydroxylation is 1. The first-order chi connectivity index (χ1) is 13.6. The maximum Gasteiger partial charge on any atom is 0.295 e. The van der Waals surface area contributed by atoms with Gasteiger partial charge in [-0.05, 0) is 48.9 Å². The van der Waals surface area contributed by atoms with E-state index in [1.807, 2.05) is 61.5 Å². The van der Waals surface area contributed by atoms with Crippen molar-refractivity contribution < 1.29 is 9.18 Å². The van der Waals surface area contributed by atoms with Crippen molar-refractivity contribution in [2.45, 2.75) is 6.92 Å². The van der Waals surface area contributed by atoms with Gasteiger partial charge in [-0.15, -0.1) is 5.10 Å².